The Morgan fingerprint density at radius 1 is 1.82 bits per heavy atom. The third-order valence-electron chi connectivity index (χ3n) is 1.85. The van der Waals surface area contributed by atoms with E-state index in [0.29, 0.717) is 0 Å². The summed E-state index contributed by atoms with van der Waals surface area (Å²) in [4.78, 5) is 10.7. The van der Waals surface area contributed by atoms with E-state index in [1.54, 1.807) is 0 Å². The van der Waals surface area contributed by atoms with E-state index in [-0.39, 0.29) is 11.2 Å². The largest absolute Gasteiger partial charge is 0.280 e. The first kappa shape index (κ1) is 8.54. The minimum absolute atomic E-state index is 0.180. The van der Waals surface area contributed by atoms with E-state index in [1.165, 1.54) is 5.57 Å². The average molecular weight is 171 g/mol. The molecular weight excluding hydrogens is 160 g/mol. The van der Waals surface area contributed by atoms with Gasteiger partial charge in [0.2, 0.25) is 5.24 Å². The van der Waals surface area contributed by atoms with Crippen molar-refractivity contribution in [3.05, 3.63) is 23.8 Å². The van der Waals surface area contributed by atoms with Crippen molar-refractivity contribution in [1.29, 1.82) is 0 Å². The van der Waals surface area contributed by atoms with Crippen molar-refractivity contribution in [3.8, 4) is 0 Å². The Hall–Kier alpha value is -0.560. The molecule has 0 aromatic carbocycles. The number of hydrogen-bond donors (Lipinski definition) is 0. The summed E-state index contributed by atoms with van der Waals surface area (Å²) in [5.74, 6) is -0.180. The molecule has 0 saturated heterocycles. The molecule has 11 heavy (non-hydrogen) atoms. The van der Waals surface area contributed by atoms with E-state index in [1.807, 2.05) is 18.2 Å². The van der Waals surface area contributed by atoms with Gasteiger partial charge in [0.05, 0.1) is 5.92 Å². The van der Waals surface area contributed by atoms with Gasteiger partial charge >= 0.3 is 0 Å². The molecule has 1 atom stereocenters. The van der Waals surface area contributed by atoms with Gasteiger partial charge in [-0.3, -0.25) is 4.79 Å². The molecule has 0 spiro atoms. The molecule has 1 nitrogen and oxygen atoms in total. The van der Waals surface area contributed by atoms with Crippen LogP contribution in [0.25, 0.3) is 0 Å². The fourth-order valence-corrected chi connectivity index (χ4v) is 1.28. The summed E-state index contributed by atoms with van der Waals surface area (Å²) in [5, 5.41) is -0.285. The molecule has 1 rings (SSSR count). The molecule has 0 aromatic heterocycles. The van der Waals surface area contributed by atoms with Gasteiger partial charge < -0.3 is 0 Å². The molecule has 0 N–H and O–H groups in total. The molecule has 0 aliphatic heterocycles. The third-order valence-corrected chi connectivity index (χ3v) is 2.11. The molecule has 0 heterocycles. The molecule has 0 bridgehead atoms. The second-order valence-corrected chi connectivity index (χ2v) is 3.01. The van der Waals surface area contributed by atoms with Gasteiger partial charge in [-0.2, -0.15) is 0 Å². The van der Waals surface area contributed by atoms with E-state index >= 15 is 0 Å². The lowest BCUT2D eigenvalue weighted by molar-refractivity contribution is -0.112. The van der Waals surface area contributed by atoms with Gasteiger partial charge in [0.15, 0.2) is 0 Å². The van der Waals surface area contributed by atoms with Crippen molar-refractivity contribution < 1.29 is 4.79 Å². The summed E-state index contributed by atoms with van der Waals surface area (Å²) >= 11 is 5.34. The first-order chi connectivity index (χ1) is 5.24. The summed E-state index contributed by atoms with van der Waals surface area (Å²) in [6.07, 6.45) is 7.79. The summed E-state index contributed by atoms with van der Waals surface area (Å²) in [7, 11) is 0. The topological polar surface area (TPSA) is 17.1 Å². The zero-order chi connectivity index (χ0) is 8.27. The molecule has 1 aliphatic carbocycles. The highest BCUT2D eigenvalue weighted by Crippen LogP contribution is 2.20. The van der Waals surface area contributed by atoms with E-state index < -0.39 is 0 Å². The zero-order valence-corrected chi connectivity index (χ0v) is 7.27. The summed E-state index contributed by atoms with van der Waals surface area (Å²) in [6.45, 7) is 2.08. The van der Waals surface area contributed by atoms with Gasteiger partial charge in [-0.25, -0.2) is 0 Å². The van der Waals surface area contributed by atoms with Gasteiger partial charge in [-0.1, -0.05) is 30.7 Å². The maximum absolute atomic E-state index is 10.7. The molecule has 0 unspecified atom stereocenters. The van der Waals surface area contributed by atoms with E-state index in [9.17, 15) is 4.79 Å². The lowest BCUT2D eigenvalue weighted by Gasteiger charge is -2.10. The normalized spacial score (nSPS) is 23.1. The van der Waals surface area contributed by atoms with Crippen LogP contribution in [0.5, 0.6) is 0 Å². The van der Waals surface area contributed by atoms with Crippen LogP contribution in [0.2, 0.25) is 0 Å². The summed E-state index contributed by atoms with van der Waals surface area (Å²) in [6, 6.07) is 0. The highest BCUT2D eigenvalue weighted by molar-refractivity contribution is 6.64. The monoisotopic (exact) mass is 170 g/mol. The Morgan fingerprint density at radius 3 is 3.09 bits per heavy atom. The van der Waals surface area contributed by atoms with Crippen LogP contribution in [-0.2, 0) is 4.79 Å². The second-order valence-electron chi connectivity index (χ2n) is 2.64. The average Bonchev–Trinajstić information content (AvgIpc) is 2.05. The summed E-state index contributed by atoms with van der Waals surface area (Å²) in [5.41, 5.74) is 1.30. The van der Waals surface area contributed by atoms with Crippen LogP contribution < -0.4 is 0 Å². The minimum Gasteiger partial charge on any atom is -0.280 e. The Morgan fingerprint density at radius 2 is 2.55 bits per heavy atom. The van der Waals surface area contributed by atoms with Crippen LogP contribution in [0, 0.1) is 5.92 Å². The lowest BCUT2D eigenvalue weighted by atomic mass is 9.97. The molecule has 0 fully saturated rings. The third kappa shape index (κ3) is 2.19. The maximum Gasteiger partial charge on any atom is 0.232 e. The molecule has 0 aromatic rings. The number of carbonyl (C=O) groups excluding carboxylic acids is 1. The second kappa shape index (κ2) is 3.72. The minimum atomic E-state index is -0.285. The first-order valence-corrected chi connectivity index (χ1v) is 4.17. The van der Waals surface area contributed by atoms with Crippen molar-refractivity contribution >= 4 is 16.8 Å². The van der Waals surface area contributed by atoms with Crippen LogP contribution in [0.1, 0.15) is 19.8 Å². The number of carbonyl (C=O) groups is 1. The molecule has 0 saturated carbocycles. The smallest absolute Gasteiger partial charge is 0.232 e. The van der Waals surface area contributed by atoms with Crippen LogP contribution >= 0.6 is 11.6 Å². The van der Waals surface area contributed by atoms with Crippen molar-refractivity contribution in [2.75, 3.05) is 0 Å². The predicted molar refractivity (Wildman–Crippen MR) is 46.5 cm³/mol. The van der Waals surface area contributed by atoms with Crippen molar-refractivity contribution in [2.45, 2.75) is 19.8 Å². The van der Waals surface area contributed by atoms with Crippen molar-refractivity contribution in [3.63, 3.8) is 0 Å². The molecule has 1 aliphatic rings. The fraction of sp³-hybridized carbons (Fsp3) is 0.444. The molecule has 60 valence electrons. The van der Waals surface area contributed by atoms with Crippen molar-refractivity contribution in [1.82, 2.24) is 0 Å². The van der Waals surface area contributed by atoms with Gasteiger partial charge in [-0.15, -0.1) is 0 Å². The highest BCUT2D eigenvalue weighted by Gasteiger charge is 2.12. The fourth-order valence-electron chi connectivity index (χ4n) is 1.15. The Kier molecular flexibility index (Phi) is 2.89. The SMILES string of the molecule is CCC1=C[C@@H](C(=O)Cl)C=CC1. The van der Waals surface area contributed by atoms with Gasteiger partial charge in [0.25, 0.3) is 0 Å². The van der Waals surface area contributed by atoms with E-state index in [0.717, 1.165) is 12.8 Å². The van der Waals surface area contributed by atoms with Crippen LogP contribution in [0.15, 0.2) is 23.8 Å². The first-order valence-electron chi connectivity index (χ1n) is 3.79. The Bertz CT molecular complexity index is 216. The molecule has 2 heteroatoms. The number of halogens is 1. The van der Waals surface area contributed by atoms with Crippen LogP contribution in [0.3, 0.4) is 0 Å². The van der Waals surface area contributed by atoms with Crippen LogP contribution in [-0.4, -0.2) is 5.24 Å². The highest BCUT2D eigenvalue weighted by atomic mass is 35.5. The molecule has 0 radical (unpaired) electrons. The molecule has 0 amide bonds. The van der Waals surface area contributed by atoms with Crippen LogP contribution in [0.4, 0.5) is 0 Å². The summed E-state index contributed by atoms with van der Waals surface area (Å²) < 4.78 is 0. The van der Waals surface area contributed by atoms with Gasteiger partial charge in [0.1, 0.15) is 0 Å². The number of rotatable bonds is 2. The number of allylic oxidation sites excluding steroid dienone is 4. The molecular formula is C9H11ClO. The van der Waals surface area contributed by atoms with E-state index in [4.69, 9.17) is 11.6 Å². The lowest BCUT2D eigenvalue weighted by Crippen LogP contribution is -2.05. The Labute approximate surface area is 71.7 Å². The zero-order valence-electron chi connectivity index (χ0n) is 6.51. The number of hydrogen-bond acceptors (Lipinski definition) is 1. The predicted octanol–water partition coefficient (Wildman–Crippen LogP) is 2.66. The quantitative estimate of drug-likeness (QED) is 0.460. The van der Waals surface area contributed by atoms with Gasteiger partial charge in [-0.05, 0) is 24.4 Å². The standard InChI is InChI=1S/C9H11ClO/c1-2-7-4-3-5-8(6-7)9(10)11/h3,5-6,8H,2,4H2,1H3/t8-/m0/s1. The maximum atomic E-state index is 10.7. The van der Waals surface area contributed by atoms with E-state index in [2.05, 4.69) is 6.92 Å². The Balaban J connectivity index is 2.68. The van der Waals surface area contributed by atoms with Crippen molar-refractivity contribution in [2.24, 2.45) is 5.92 Å². The van der Waals surface area contributed by atoms with Gasteiger partial charge in [0, 0.05) is 0 Å².